The smallest absolute Gasteiger partial charge is 0.126 e. The van der Waals surface area contributed by atoms with Gasteiger partial charge in [0.15, 0.2) is 0 Å². The van der Waals surface area contributed by atoms with Crippen molar-refractivity contribution in [1.82, 2.24) is 0 Å². The Kier molecular flexibility index (Phi) is 3.20. The molecule has 1 atom stereocenters. The third kappa shape index (κ3) is 2.50. The minimum absolute atomic E-state index is 0.278. The van der Waals surface area contributed by atoms with Gasteiger partial charge < -0.3 is 5.73 Å². The number of nitrogens with two attached hydrogens (primary N) is 1. The van der Waals surface area contributed by atoms with Gasteiger partial charge in [-0.3, -0.25) is 0 Å². The summed E-state index contributed by atoms with van der Waals surface area (Å²) in [4.78, 5) is 0. The molecule has 0 saturated carbocycles. The Morgan fingerprint density at radius 1 is 0.941 bits per heavy atom. The van der Waals surface area contributed by atoms with Crippen LogP contribution in [0.3, 0.4) is 0 Å². The highest BCUT2D eigenvalue weighted by Gasteiger charge is 2.10. The minimum Gasteiger partial charge on any atom is -0.320 e. The number of hydrogen-bond acceptors (Lipinski definition) is 1. The lowest BCUT2D eigenvalue weighted by atomic mass is 9.98. The van der Waals surface area contributed by atoms with Gasteiger partial charge in [-0.25, -0.2) is 8.78 Å². The van der Waals surface area contributed by atoms with Crippen LogP contribution >= 0.6 is 0 Å². The molecule has 0 heterocycles. The van der Waals surface area contributed by atoms with Crippen molar-refractivity contribution in [2.24, 2.45) is 5.73 Å². The summed E-state index contributed by atoms with van der Waals surface area (Å²) in [6.07, 6.45) is 0. The van der Waals surface area contributed by atoms with Crippen molar-refractivity contribution in [3.8, 4) is 0 Å². The molecule has 2 aromatic rings. The quantitative estimate of drug-likeness (QED) is 0.846. The van der Waals surface area contributed by atoms with Crippen LogP contribution in [0.4, 0.5) is 8.78 Å². The standard InChI is InChI=1S/C14H13F2N/c1-9-2-3-11(8-13(9)16)14(17)10-4-6-12(15)7-5-10/h2-8,14H,17H2,1H3. The van der Waals surface area contributed by atoms with Crippen molar-refractivity contribution >= 4 is 0 Å². The summed E-state index contributed by atoms with van der Waals surface area (Å²) in [5, 5.41) is 0. The first-order valence-corrected chi connectivity index (χ1v) is 5.35. The van der Waals surface area contributed by atoms with Crippen molar-refractivity contribution in [1.29, 1.82) is 0 Å². The summed E-state index contributed by atoms with van der Waals surface area (Å²) in [6.45, 7) is 1.70. The Morgan fingerprint density at radius 3 is 2.12 bits per heavy atom. The van der Waals surface area contributed by atoms with Crippen LogP contribution in [-0.2, 0) is 0 Å². The second-order valence-corrected chi connectivity index (χ2v) is 4.04. The average Bonchev–Trinajstić information content (AvgIpc) is 2.33. The van der Waals surface area contributed by atoms with Gasteiger partial charge in [-0.1, -0.05) is 24.3 Å². The highest BCUT2D eigenvalue weighted by Crippen LogP contribution is 2.21. The van der Waals surface area contributed by atoms with Gasteiger partial charge in [-0.2, -0.15) is 0 Å². The zero-order valence-electron chi connectivity index (χ0n) is 9.45. The number of rotatable bonds is 2. The van der Waals surface area contributed by atoms with Crippen molar-refractivity contribution in [2.45, 2.75) is 13.0 Å². The maximum absolute atomic E-state index is 13.4. The molecule has 0 bridgehead atoms. The molecule has 2 rings (SSSR count). The average molecular weight is 233 g/mol. The molecule has 0 aliphatic heterocycles. The van der Waals surface area contributed by atoms with Gasteiger partial charge in [0, 0.05) is 0 Å². The van der Waals surface area contributed by atoms with E-state index in [1.807, 2.05) is 0 Å². The van der Waals surface area contributed by atoms with E-state index < -0.39 is 6.04 Å². The molecule has 88 valence electrons. The summed E-state index contributed by atoms with van der Waals surface area (Å²) in [6, 6.07) is 10.4. The molecule has 0 aliphatic rings. The molecule has 0 amide bonds. The van der Waals surface area contributed by atoms with E-state index in [0.29, 0.717) is 11.1 Å². The van der Waals surface area contributed by atoms with Crippen molar-refractivity contribution in [3.05, 3.63) is 70.8 Å². The van der Waals surface area contributed by atoms with Crippen LogP contribution in [0.2, 0.25) is 0 Å². The van der Waals surface area contributed by atoms with E-state index >= 15 is 0 Å². The second kappa shape index (κ2) is 4.63. The fourth-order valence-electron chi connectivity index (χ4n) is 1.67. The molecule has 0 fully saturated rings. The highest BCUT2D eigenvalue weighted by molar-refractivity contribution is 5.33. The molecule has 2 N–H and O–H groups in total. The Labute approximate surface area is 98.9 Å². The Hall–Kier alpha value is -1.74. The van der Waals surface area contributed by atoms with Crippen LogP contribution < -0.4 is 5.73 Å². The monoisotopic (exact) mass is 233 g/mol. The van der Waals surface area contributed by atoms with E-state index in [4.69, 9.17) is 5.73 Å². The van der Waals surface area contributed by atoms with Gasteiger partial charge in [-0.05, 0) is 41.8 Å². The Morgan fingerprint density at radius 2 is 1.53 bits per heavy atom. The lowest BCUT2D eigenvalue weighted by molar-refractivity contribution is 0.613. The molecule has 17 heavy (non-hydrogen) atoms. The fourth-order valence-corrected chi connectivity index (χ4v) is 1.67. The largest absolute Gasteiger partial charge is 0.320 e. The molecule has 1 unspecified atom stereocenters. The van der Waals surface area contributed by atoms with E-state index in [1.165, 1.54) is 18.2 Å². The molecule has 0 radical (unpaired) electrons. The predicted molar refractivity (Wildman–Crippen MR) is 63.6 cm³/mol. The first-order chi connectivity index (χ1) is 8.08. The number of benzene rings is 2. The van der Waals surface area contributed by atoms with Gasteiger partial charge in [-0.15, -0.1) is 0 Å². The number of hydrogen-bond donors (Lipinski definition) is 1. The van der Waals surface area contributed by atoms with E-state index in [2.05, 4.69) is 0 Å². The maximum Gasteiger partial charge on any atom is 0.126 e. The van der Waals surface area contributed by atoms with Gasteiger partial charge in [0.25, 0.3) is 0 Å². The van der Waals surface area contributed by atoms with Gasteiger partial charge in [0.05, 0.1) is 6.04 Å². The lowest BCUT2D eigenvalue weighted by Gasteiger charge is -2.13. The normalized spacial score (nSPS) is 12.5. The number of aryl methyl sites for hydroxylation is 1. The van der Waals surface area contributed by atoms with Gasteiger partial charge in [0.2, 0.25) is 0 Å². The van der Waals surface area contributed by atoms with Crippen LogP contribution in [0.1, 0.15) is 22.7 Å². The third-order valence-corrected chi connectivity index (χ3v) is 2.78. The lowest BCUT2D eigenvalue weighted by Crippen LogP contribution is -2.12. The van der Waals surface area contributed by atoms with Crippen LogP contribution in [-0.4, -0.2) is 0 Å². The van der Waals surface area contributed by atoms with E-state index in [0.717, 1.165) is 5.56 Å². The molecular weight excluding hydrogens is 220 g/mol. The highest BCUT2D eigenvalue weighted by atomic mass is 19.1. The van der Waals surface area contributed by atoms with Crippen molar-refractivity contribution < 1.29 is 8.78 Å². The molecule has 0 saturated heterocycles. The van der Waals surface area contributed by atoms with Crippen LogP contribution in [0, 0.1) is 18.6 Å². The SMILES string of the molecule is Cc1ccc(C(N)c2ccc(F)cc2)cc1F. The Bertz CT molecular complexity index is 520. The topological polar surface area (TPSA) is 26.0 Å². The van der Waals surface area contributed by atoms with E-state index in [1.54, 1.807) is 31.2 Å². The first kappa shape index (κ1) is 11.7. The summed E-state index contributed by atoms with van der Waals surface area (Å²) in [5.74, 6) is -0.587. The molecule has 1 nitrogen and oxygen atoms in total. The fraction of sp³-hybridized carbons (Fsp3) is 0.143. The predicted octanol–water partition coefficient (Wildman–Crippen LogP) is 3.32. The third-order valence-electron chi connectivity index (χ3n) is 2.78. The summed E-state index contributed by atoms with van der Waals surface area (Å²) >= 11 is 0. The van der Waals surface area contributed by atoms with Crippen LogP contribution in [0.5, 0.6) is 0 Å². The molecule has 0 aliphatic carbocycles. The summed E-state index contributed by atoms with van der Waals surface area (Å²) < 4.78 is 26.2. The summed E-state index contributed by atoms with van der Waals surface area (Å²) in [5.41, 5.74) is 8.02. The van der Waals surface area contributed by atoms with Crippen LogP contribution in [0.25, 0.3) is 0 Å². The molecule has 3 heteroatoms. The first-order valence-electron chi connectivity index (χ1n) is 5.35. The molecular formula is C14H13F2N. The summed E-state index contributed by atoms with van der Waals surface area (Å²) in [7, 11) is 0. The van der Waals surface area contributed by atoms with Crippen molar-refractivity contribution in [3.63, 3.8) is 0 Å². The Balaban J connectivity index is 2.33. The van der Waals surface area contributed by atoms with Gasteiger partial charge >= 0.3 is 0 Å². The van der Waals surface area contributed by atoms with Gasteiger partial charge in [0.1, 0.15) is 11.6 Å². The molecule has 2 aromatic carbocycles. The zero-order valence-corrected chi connectivity index (χ0v) is 9.45. The second-order valence-electron chi connectivity index (χ2n) is 4.04. The van der Waals surface area contributed by atoms with E-state index in [9.17, 15) is 8.78 Å². The van der Waals surface area contributed by atoms with Crippen molar-refractivity contribution in [2.75, 3.05) is 0 Å². The molecule has 0 aromatic heterocycles. The number of halogens is 2. The molecule has 0 spiro atoms. The maximum atomic E-state index is 13.4. The van der Waals surface area contributed by atoms with E-state index in [-0.39, 0.29) is 11.6 Å². The minimum atomic E-state index is -0.439. The van der Waals surface area contributed by atoms with Crippen LogP contribution in [0.15, 0.2) is 42.5 Å². The zero-order chi connectivity index (χ0) is 12.4.